The molecule has 0 amide bonds. The Bertz CT molecular complexity index is 337. The second-order valence-electron chi connectivity index (χ2n) is 4.56. The van der Waals surface area contributed by atoms with E-state index in [0.717, 1.165) is 12.4 Å². The van der Waals surface area contributed by atoms with Crippen LogP contribution in [0.15, 0.2) is 35.3 Å². The standard InChI is InChI=1S/C14H20N2/c15-14(13-9-5-2-6-10-13)16-11-12-7-3-1-4-8-12/h1,3-4,7-8,13H,2,5-6,9-11H2,(H2,15,16). The predicted molar refractivity (Wildman–Crippen MR) is 68.3 cm³/mol. The van der Waals surface area contributed by atoms with Crippen molar-refractivity contribution < 1.29 is 0 Å². The van der Waals surface area contributed by atoms with Gasteiger partial charge < -0.3 is 5.73 Å². The lowest BCUT2D eigenvalue weighted by atomic mass is 9.88. The van der Waals surface area contributed by atoms with E-state index in [-0.39, 0.29) is 0 Å². The number of amidine groups is 1. The fourth-order valence-corrected chi connectivity index (χ4v) is 2.29. The fourth-order valence-electron chi connectivity index (χ4n) is 2.29. The minimum Gasteiger partial charge on any atom is -0.387 e. The third-order valence-corrected chi connectivity index (χ3v) is 3.31. The SMILES string of the molecule is NC(=NCc1ccccc1)C1CCCCC1. The number of nitrogens with zero attached hydrogens (tertiary/aromatic N) is 1. The molecular weight excluding hydrogens is 196 g/mol. The van der Waals surface area contributed by atoms with E-state index in [9.17, 15) is 0 Å². The summed E-state index contributed by atoms with van der Waals surface area (Å²) in [7, 11) is 0. The Morgan fingerprint density at radius 2 is 1.81 bits per heavy atom. The van der Waals surface area contributed by atoms with Crippen molar-refractivity contribution in [3.63, 3.8) is 0 Å². The maximum absolute atomic E-state index is 6.05. The smallest absolute Gasteiger partial charge is 0.0972 e. The minimum absolute atomic E-state index is 0.539. The molecule has 2 heteroatoms. The van der Waals surface area contributed by atoms with Crippen molar-refractivity contribution in [3.05, 3.63) is 35.9 Å². The lowest BCUT2D eigenvalue weighted by molar-refractivity contribution is 0.436. The topological polar surface area (TPSA) is 38.4 Å². The van der Waals surface area contributed by atoms with Crippen molar-refractivity contribution in [2.75, 3.05) is 0 Å². The molecule has 0 atom stereocenters. The van der Waals surface area contributed by atoms with Crippen LogP contribution in [0.2, 0.25) is 0 Å². The van der Waals surface area contributed by atoms with E-state index >= 15 is 0 Å². The van der Waals surface area contributed by atoms with Gasteiger partial charge in [-0.3, -0.25) is 4.99 Å². The summed E-state index contributed by atoms with van der Waals surface area (Å²) >= 11 is 0. The molecule has 0 bridgehead atoms. The molecule has 2 N–H and O–H groups in total. The highest BCUT2D eigenvalue weighted by atomic mass is 14.9. The van der Waals surface area contributed by atoms with Crippen LogP contribution in [0.1, 0.15) is 37.7 Å². The lowest BCUT2D eigenvalue weighted by Crippen LogP contribution is -2.25. The monoisotopic (exact) mass is 216 g/mol. The predicted octanol–water partition coefficient (Wildman–Crippen LogP) is 3.12. The summed E-state index contributed by atoms with van der Waals surface area (Å²) in [4.78, 5) is 4.51. The minimum atomic E-state index is 0.539. The van der Waals surface area contributed by atoms with Crippen LogP contribution in [0.25, 0.3) is 0 Å². The third-order valence-electron chi connectivity index (χ3n) is 3.31. The van der Waals surface area contributed by atoms with E-state index in [4.69, 9.17) is 5.73 Å². The first-order chi connectivity index (χ1) is 7.86. The molecule has 0 unspecified atom stereocenters. The van der Waals surface area contributed by atoms with Crippen LogP contribution in [-0.2, 0) is 6.54 Å². The highest BCUT2D eigenvalue weighted by Crippen LogP contribution is 2.23. The molecule has 0 spiro atoms. The van der Waals surface area contributed by atoms with E-state index in [1.807, 2.05) is 18.2 Å². The van der Waals surface area contributed by atoms with Gasteiger partial charge in [0.1, 0.15) is 0 Å². The van der Waals surface area contributed by atoms with Crippen LogP contribution in [0.4, 0.5) is 0 Å². The average Bonchev–Trinajstić information content (AvgIpc) is 2.38. The van der Waals surface area contributed by atoms with Gasteiger partial charge in [0.2, 0.25) is 0 Å². The van der Waals surface area contributed by atoms with Crippen LogP contribution >= 0.6 is 0 Å². The van der Waals surface area contributed by atoms with Gasteiger partial charge >= 0.3 is 0 Å². The van der Waals surface area contributed by atoms with E-state index in [1.54, 1.807) is 0 Å². The molecule has 0 radical (unpaired) electrons. The summed E-state index contributed by atoms with van der Waals surface area (Å²) in [6, 6.07) is 10.3. The summed E-state index contributed by atoms with van der Waals surface area (Å²) in [6.07, 6.45) is 6.44. The molecule has 1 saturated carbocycles. The first kappa shape index (κ1) is 11.2. The van der Waals surface area contributed by atoms with E-state index < -0.39 is 0 Å². The quantitative estimate of drug-likeness (QED) is 0.612. The van der Waals surface area contributed by atoms with Gasteiger partial charge in [-0.05, 0) is 18.4 Å². The maximum atomic E-state index is 6.05. The zero-order valence-corrected chi connectivity index (χ0v) is 9.73. The largest absolute Gasteiger partial charge is 0.387 e. The number of aliphatic imine (C=N–C) groups is 1. The first-order valence-electron chi connectivity index (χ1n) is 6.20. The van der Waals surface area contributed by atoms with Gasteiger partial charge in [0, 0.05) is 5.92 Å². The van der Waals surface area contributed by atoms with Gasteiger partial charge in [-0.1, -0.05) is 49.6 Å². The van der Waals surface area contributed by atoms with E-state index in [0.29, 0.717) is 5.92 Å². The van der Waals surface area contributed by atoms with Crippen LogP contribution < -0.4 is 5.73 Å². The molecule has 1 aromatic rings. The maximum Gasteiger partial charge on any atom is 0.0972 e. The van der Waals surface area contributed by atoms with Gasteiger partial charge in [0.15, 0.2) is 0 Å². The van der Waals surface area contributed by atoms with Crippen LogP contribution in [0.5, 0.6) is 0 Å². The zero-order valence-electron chi connectivity index (χ0n) is 9.73. The summed E-state index contributed by atoms with van der Waals surface area (Å²) in [5, 5.41) is 0. The van der Waals surface area contributed by atoms with Crippen molar-refractivity contribution in [1.82, 2.24) is 0 Å². The van der Waals surface area contributed by atoms with E-state index in [2.05, 4.69) is 17.1 Å². The van der Waals surface area contributed by atoms with Gasteiger partial charge in [-0.2, -0.15) is 0 Å². The molecule has 1 aromatic carbocycles. The normalized spacial score (nSPS) is 18.6. The fraction of sp³-hybridized carbons (Fsp3) is 0.500. The van der Waals surface area contributed by atoms with Crippen molar-refractivity contribution >= 4 is 5.84 Å². The van der Waals surface area contributed by atoms with Crippen LogP contribution in [0, 0.1) is 5.92 Å². The summed E-state index contributed by atoms with van der Waals surface area (Å²) in [6.45, 7) is 0.725. The number of benzene rings is 1. The zero-order chi connectivity index (χ0) is 11.2. The van der Waals surface area contributed by atoms with Crippen molar-refractivity contribution in [2.24, 2.45) is 16.6 Å². The van der Waals surface area contributed by atoms with Crippen LogP contribution in [-0.4, -0.2) is 5.84 Å². The Hall–Kier alpha value is -1.31. The molecule has 16 heavy (non-hydrogen) atoms. The Kier molecular flexibility index (Phi) is 3.97. The molecule has 2 nitrogen and oxygen atoms in total. The molecule has 0 aromatic heterocycles. The number of hydrogen-bond acceptors (Lipinski definition) is 1. The molecule has 86 valence electrons. The summed E-state index contributed by atoms with van der Waals surface area (Å²) in [5.41, 5.74) is 7.28. The second-order valence-corrected chi connectivity index (χ2v) is 4.56. The Morgan fingerprint density at radius 3 is 2.50 bits per heavy atom. The van der Waals surface area contributed by atoms with Crippen molar-refractivity contribution in [2.45, 2.75) is 38.6 Å². The second kappa shape index (κ2) is 5.69. The highest BCUT2D eigenvalue weighted by molar-refractivity contribution is 5.82. The molecule has 0 heterocycles. The van der Waals surface area contributed by atoms with Gasteiger partial charge in [-0.15, -0.1) is 0 Å². The van der Waals surface area contributed by atoms with Crippen molar-refractivity contribution in [3.8, 4) is 0 Å². The van der Waals surface area contributed by atoms with Gasteiger partial charge in [0.25, 0.3) is 0 Å². The van der Waals surface area contributed by atoms with Gasteiger partial charge in [0.05, 0.1) is 12.4 Å². The highest BCUT2D eigenvalue weighted by Gasteiger charge is 2.16. The molecule has 0 aliphatic heterocycles. The lowest BCUT2D eigenvalue weighted by Gasteiger charge is -2.20. The van der Waals surface area contributed by atoms with Gasteiger partial charge in [-0.25, -0.2) is 0 Å². The van der Waals surface area contributed by atoms with E-state index in [1.165, 1.54) is 37.7 Å². The third kappa shape index (κ3) is 3.09. The number of rotatable bonds is 3. The molecule has 0 saturated heterocycles. The molecular formula is C14H20N2. The average molecular weight is 216 g/mol. The van der Waals surface area contributed by atoms with Crippen molar-refractivity contribution in [1.29, 1.82) is 0 Å². The Balaban J connectivity index is 1.91. The molecule has 1 aliphatic carbocycles. The molecule has 1 fully saturated rings. The Morgan fingerprint density at radius 1 is 1.12 bits per heavy atom. The van der Waals surface area contributed by atoms with Crippen LogP contribution in [0.3, 0.4) is 0 Å². The Labute approximate surface area is 97.6 Å². The molecule has 1 aliphatic rings. The molecule has 2 rings (SSSR count). The number of hydrogen-bond donors (Lipinski definition) is 1. The first-order valence-corrected chi connectivity index (χ1v) is 6.20. The number of nitrogens with two attached hydrogens (primary N) is 1. The summed E-state index contributed by atoms with van der Waals surface area (Å²) < 4.78 is 0. The summed E-state index contributed by atoms with van der Waals surface area (Å²) in [5.74, 6) is 1.40.